The summed E-state index contributed by atoms with van der Waals surface area (Å²) in [5, 5.41) is 5.22. The highest BCUT2D eigenvalue weighted by Gasteiger charge is 2.21. The summed E-state index contributed by atoms with van der Waals surface area (Å²) in [6.07, 6.45) is 0. The number of rotatable bonds is 10. The van der Waals surface area contributed by atoms with E-state index in [-0.39, 0.29) is 30.9 Å². The Hall–Kier alpha value is -2.64. The van der Waals surface area contributed by atoms with Crippen LogP contribution in [0.25, 0.3) is 0 Å². The van der Waals surface area contributed by atoms with E-state index in [1.54, 1.807) is 14.1 Å². The minimum Gasteiger partial charge on any atom is -0.353 e. The molecule has 0 fully saturated rings. The van der Waals surface area contributed by atoms with Gasteiger partial charge in [0.15, 0.2) is 0 Å². The van der Waals surface area contributed by atoms with Gasteiger partial charge in [-0.1, -0.05) is 0 Å². The minimum atomic E-state index is -4.78. The lowest BCUT2D eigenvalue weighted by atomic mass is 10.3. The zero-order chi connectivity index (χ0) is 23.4. The van der Waals surface area contributed by atoms with Gasteiger partial charge >= 0.3 is 0 Å². The molecule has 0 radical (unpaired) electrons. The quantitative estimate of drug-likeness (QED) is 0.128. The number of nitrogens with zero attached hydrogens (tertiary/aromatic N) is 4. The third-order valence-corrected chi connectivity index (χ3v) is 5.69. The molecule has 0 aliphatic carbocycles. The molecule has 0 unspecified atom stereocenters. The molecular weight excluding hydrogens is 478 g/mol. The molecule has 0 aliphatic heterocycles. The summed E-state index contributed by atoms with van der Waals surface area (Å²) in [6.45, 7) is 0.141. The summed E-state index contributed by atoms with van der Waals surface area (Å²) in [7, 11) is -9.02. The normalized spacial score (nSPS) is 12.0. The van der Waals surface area contributed by atoms with Crippen LogP contribution in [0.15, 0.2) is 28.0 Å². The third kappa shape index (κ3) is 7.22. The van der Waals surface area contributed by atoms with E-state index in [0.29, 0.717) is 0 Å². The van der Waals surface area contributed by atoms with Crippen LogP contribution in [0.4, 0.5) is 23.5 Å². The maximum Gasteiger partial charge on any atom is 0.296 e. The number of benzene rings is 1. The van der Waals surface area contributed by atoms with E-state index in [1.807, 2.05) is 0 Å². The van der Waals surface area contributed by atoms with Crippen LogP contribution >= 0.6 is 0 Å². The van der Waals surface area contributed by atoms with Crippen molar-refractivity contribution in [3.63, 3.8) is 0 Å². The standard InChI is InChI=1S/C13H19N7O8S3/c1-20(2)13-18-11(14-5-6-15-29(21)22)17-12(19-13)16-9-7-8(30(23,24)25)3-4-10(9)31(26,27)28/h3-4,7,29H,5-6H2,1-2H3,(H,15,21,22)(H,23,24,25)(H,26,27,28)(H2,14,16,17,18,19). The summed E-state index contributed by atoms with van der Waals surface area (Å²) < 4.78 is 88.0. The van der Waals surface area contributed by atoms with Gasteiger partial charge in [-0.05, 0) is 18.2 Å². The molecule has 0 saturated carbocycles. The van der Waals surface area contributed by atoms with Crippen molar-refractivity contribution in [1.29, 1.82) is 0 Å². The molecule has 5 N–H and O–H groups in total. The maximum absolute atomic E-state index is 11.6. The van der Waals surface area contributed by atoms with Gasteiger partial charge in [-0.25, -0.2) is 13.1 Å². The predicted molar refractivity (Wildman–Crippen MR) is 110 cm³/mol. The smallest absolute Gasteiger partial charge is 0.296 e. The zero-order valence-corrected chi connectivity index (χ0v) is 18.6. The molecule has 31 heavy (non-hydrogen) atoms. The highest BCUT2D eigenvalue weighted by molar-refractivity contribution is 7.86. The second-order valence-corrected chi connectivity index (χ2v) is 9.64. The first-order valence-corrected chi connectivity index (χ1v) is 12.2. The van der Waals surface area contributed by atoms with E-state index in [0.717, 1.165) is 18.2 Å². The SMILES string of the molecule is CN(C)c1nc(NCCN[SH](=O)=O)nc(Nc2cc(S(=O)(=O)O)ccc2S(=O)(=O)O)n1. The number of anilines is 4. The molecule has 1 aromatic carbocycles. The first kappa shape index (κ1) is 24.6. The van der Waals surface area contributed by atoms with E-state index in [2.05, 4.69) is 30.3 Å². The average molecular weight is 498 g/mol. The Balaban J connectivity index is 2.46. The van der Waals surface area contributed by atoms with Crippen molar-refractivity contribution >= 4 is 54.7 Å². The molecule has 1 aromatic heterocycles. The van der Waals surface area contributed by atoms with Gasteiger partial charge in [0.1, 0.15) is 4.90 Å². The minimum absolute atomic E-state index is 0.0107. The molecule has 0 bridgehead atoms. The topological polar surface area (TPSA) is 221 Å². The first-order valence-electron chi connectivity index (χ1n) is 8.18. The Morgan fingerprint density at radius 2 is 1.61 bits per heavy atom. The van der Waals surface area contributed by atoms with Crippen LogP contribution in [0, 0.1) is 0 Å². The Bertz CT molecular complexity index is 1240. The van der Waals surface area contributed by atoms with Gasteiger partial charge < -0.3 is 15.5 Å². The van der Waals surface area contributed by atoms with E-state index >= 15 is 0 Å². The summed E-state index contributed by atoms with van der Waals surface area (Å²) in [5.74, 6) is -0.132. The summed E-state index contributed by atoms with van der Waals surface area (Å²) in [4.78, 5) is 12.3. The second kappa shape index (κ2) is 9.66. The predicted octanol–water partition coefficient (Wildman–Crippen LogP) is -1.30. The van der Waals surface area contributed by atoms with Gasteiger partial charge in [0.25, 0.3) is 20.2 Å². The largest absolute Gasteiger partial charge is 0.353 e. The van der Waals surface area contributed by atoms with Crippen molar-refractivity contribution < 1.29 is 34.4 Å². The average Bonchev–Trinajstić information content (AvgIpc) is 2.63. The number of hydrogen-bond acceptors (Lipinski definition) is 12. The monoisotopic (exact) mass is 497 g/mol. The molecule has 0 amide bonds. The fourth-order valence-corrected chi connectivity index (χ4v) is 3.56. The van der Waals surface area contributed by atoms with E-state index in [9.17, 15) is 34.4 Å². The van der Waals surface area contributed by atoms with Crippen LogP contribution in [0.5, 0.6) is 0 Å². The number of nitrogens with one attached hydrogen (secondary N) is 3. The molecule has 0 atom stereocenters. The molecule has 0 saturated heterocycles. The van der Waals surface area contributed by atoms with E-state index in [1.165, 1.54) is 4.90 Å². The number of aromatic nitrogens is 3. The molecule has 15 nitrogen and oxygen atoms in total. The Morgan fingerprint density at radius 3 is 2.16 bits per heavy atom. The Kier molecular flexibility index (Phi) is 7.68. The summed E-state index contributed by atoms with van der Waals surface area (Å²) >= 11 is 0. The van der Waals surface area contributed by atoms with Crippen molar-refractivity contribution in [2.45, 2.75) is 9.79 Å². The van der Waals surface area contributed by atoms with Crippen LogP contribution in [0.2, 0.25) is 0 Å². The van der Waals surface area contributed by atoms with Crippen molar-refractivity contribution in [2.24, 2.45) is 0 Å². The van der Waals surface area contributed by atoms with Crippen LogP contribution in [-0.2, 0) is 31.1 Å². The van der Waals surface area contributed by atoms with Crippen molar-refractivity contribution in [2.75, 3.05) is 42.7 Å². The lowest BCUT2D eigenvalue weighted by molar-refractivity contribution is 0.479. The summed E-state index contributed by atoms with van der Waals surface area (Å²) in [6, 6.07) is 2.35. The highest BCUT2D eigenvalue weighted by atomic mass is 32.2. The maximum atomic E-state index is 11.6. The fraction of sp³-hybridized carbons (Fsp3) is 0.308. The molecule has 2 rings (SSSR count). The van der Waals surface area contributed by atoms with Gasteiger partial charge in [0.2, 0.25) is 28.7 Å². The molecule has 0 aliphatic rings. The lowest BCUT2D eigenvalue weighted by Gasteiger charge is -2.15. The van der Waals surface area contributed by atoms with Gasteiger partial charge in [-0.2, -0.15) is 31.8 Å². The van der Waals surface area contributed by atoms with Gasteiger partial charge in [-0.15, -0.1) is 0 Å². The second-order valence-electron chi connectivity index (χ2n) is 6.00. The van der Waals surface area contributed by atoms with Crippen molar-refractivity contribution in [3.8, 4) is 0 Å². The van der Waals surface area contributed by atoms with Crippen LogP contribution < -0.4 is 20.3 Å². The third-order valence-electron chi connectivity index (χ3n) is 3.45. The fourth-order valence-electron chi connectivity index (χ4n) is 2.13. The van der Waals surface area contributed by atoms with Crippen LogP contribution in [0.1, 0.15) is 0 Å². The van der Waals surface area contributed by atoms with E-state index in [4.69, 9.17) is 0 Å². The molecule has 1 heterocycles. The Labute approximate surface area is 179 Å². The molecule has 2 aromatic rings. The van der Waals surface area contributed by atoms with Crippen molar-refractivity contribution in [1.82, 2.24) is 19.7 Å². The number of hydrogen-bond donors (Lipinski definition) is 6. The summed E-state index contributed by atoms with van der Waals surface area (Å²) in [5.41, 5.74) is -0.426. The van der Waals surface area contributed by atoms with E-state index < -0.39 is 46.6 Å². The van der Waals surface area contributed by atoms with Crippen LogP contribution in [0.3, 0.4) is 0 Å². The molecule has 18 heteroatoms. The van der Waals surface area contributed by atoms with Crippen molar-refractivity contribution in [3.05, 3.63) is 18.2 Å². The molecule has 172 valence electrons. The van der Waals surface area contributed by atoms with Gasteiger partial charge in [0, 0.05) is 27.2 Å². The first-order chi connectivity index (χ1) is 14.3. The number of thiol groups is 1. The zero-order valence-electron chi connectivity index (χ0n) is 16.0. The highest BCUT2D eigenvalue weighted by Crippen LogP contribution is 2.27. The molecule has 0 spiro atoms. The van der Waals surface area contributed by atoms with Gasteiger partial charge in [0.05, 0.1) is 10.6 Å². The van der Waals surface area contributed by atoms with Crippen LogP contribution in [-0.4, -0.2) is 76.5 Å². The Morgan fingerprint density at radius 1 is 0.968 bits per heavy atom. The molecular formula is C13H19N7O8S3. The lowest BCUT2D eigenvalue weighted by Crippen LogP contribution is -2.22. The van der Waals surface area contributed by atoms with Gasteiger partial charge in [-0.3, -0.25) is 9.11 Å².